The number of amides is 1. The Morgan fingerprint density at radius 2 is 2.17 bits per heavy atom. The van der Waals surface area contributed by atoms with E-state index in [2.05, 4.69) is 15.3 Å². The Kier molecular flexibility index (Phi) is 5.29. The van der Waals surface area contributed by atoms with Gasteiger partial charge in [-0.15, -0.1) is 11.3 Å². The summed E-state index contributed by atoms with van der Waals surface area (Å²) >= 11 is 3.20. The van der Waals surface area contributed by atoms with Gasteiger partial charge in [0.05, 0.1) is 16.4 Å². The molecule has 3 aromatic rings. The van der Waals surface area contributed by atoms with Crippen molar-refractivity contribution in [3.63, 3.8) is 0 Å². The molecular weight excluding hydrogens is 326 g/mol. The zero-order valence-electron chi connectivity index (χ0n) is 12.3. The minimum Gasteiger partial charge on any atom is -0.352 e. The lowest BCUT2D eigenvalue weighted by Gasteiger charge is -1.99. The van der Waals surface area contributed by atoms with Crippen molar-refractivity contribution in [2.24, 2.45) is 0 Å². The molecule has 0 aromatic carbocycles. The van der Waals surface area contributed by atoms with Gasteiger partial charge in [0, 0.05) is 30.6 Å². The Morgan fingerprint density at radius 1 is 1.22 bits per heavy atom. The third kappa shape index (κ3) is 4.58. The molecule has 0 unspecified atom stereocenters. The van der Waals surface area contributed by atoms with Crippen molar-refractivity contribution < 1.29 is 4.79 Å². The van der Waals surface area contributed by atoms with Crippen LogP contribution < -0.4 is 5.32 Å². The van der Waals surface area contributed by atoms with Crippen LogP contribution in [0.15, 0.2) is 52.7 Å². The highest BCUT2D eigenvalue weighted by Gasteiger charge is 2.05. The summed E-state index contributed by atoms with van der Waals surface area (Å²) in [6.07, 6.45) is 5.85. The first kappa shape index (κ1) is 15.6. The van der Waals surface area contributed by atoms with E-state index in [1.807, 2.05) is 46.5 Å². The summed E-state index contributed by atoms with van der Waals surface area (Å²) in [7, 11) is 0. The van der Waals surface area contributed by atoms with Gasteiger partial charge in [-0.2, -0.15) is 11.3 Å². The predicted molar refractivity (Wildman–Crippen MR) is 95.4 cm³/mol. The molecule has 0 saturated heterocycles. The molecule has 1 N–H and O–H groups in total. The van der Waals surface area contributed by atoms with Crippen LogP contribution in [0.1, 0.15) is 10.6 Å². The van der Waals surface area contributed by atoms with E-state index in [-0.39, 0.29) is 5.91 Å². The number of thiophene rings is 1. The lowest BCUT2D eigenvalue weighted by Crippen LogP contribution is -2.23. The molecule has 0 radical (unpaired) electrons. The normalized spacial score (nSPS) is 11.0. The highest BCUT2D eigenvalue weighted by molar-refractivity contribution is 7.10. The molecule has 4 nitrogen and oxygen atoms in total. The number of aromatic nitrogens is 2. The van der Waals surface area contributed by atoms with Gasteiger partial charge in [0.15, 0.2) is 0 Å². The summed E-state index contributed by atoms with van der Waals surface area (Å²) in [5.74, 6) is -0.0855. The summed E-state index contributed by atoms with van der Waals surface area (Å²) in [4.78, 5) is 20.6. The molecule has 0 aliphatic heterocycles. The van der Waals surface area contributed by atoms with E-state index in [1.165, 1.54) is 0 Å². The van der Waals surface area contributed by atoms with Crippen LogP contribution in [0.3, 0.4) is 0 Å². The third-order valence-electron chi connectivity index (χ3n) is 3.09. The maximum Gasteiger partial charge on any atom is 0.244 e. The first-order valence-electron chi connectivity index (χ1n) is 7.15. The van der Waals surface area contributed by atoms with Crippen LogP contribution in [0.4, 0.5) is 0 Å². The van der Waals surface area contributed by atoms with Crippen LogP contribution in [-0.2, 0) is 11.2 Å². The molecule has 0 aliphatic rings. The Hall–Kier alpha value is -2.31. The molecule has 6 heteroatoms. The van der Waals surface area contributed by atoms with Crippen LogP contribution in [0, 0.1) is 0 Å². The second kappa shape index (κ2) is 7.80. The zero-order chi connectivity index (χ0) is 15.9. The molecule has 0 spiro atoms. The molecule has 116 valence electrons. The number of carbonyl (C=O) groups is 1. The molecule has 0 fully saturated rings. The summed E-state index contributed by atoms with van der Waals surface area (Å²) in [5.41, 5.74) is 2.80. The smallest absolute Gasteiger partial charge is 0.244 e. The van der Waals surface area contributed by atoms with E-state index < -0.39 is 0 Å². The minimum absolute atomic E-state index is 0.0855. The Balaban J connectivity index is 1.48. The number of carbonyl (C=O) groups excluding carboxylic acids is 1. The molecule has 23 heavy (non-hydrogen) atoms. The fourth-order valence-electron chi connectivity index (χ4n) is 1.95. The van der Waals surface area contributed by atoms with Gasteiger partial charge < -0.3 is 5.32 Å². The highest BCUT2D eigenvalue weighted by atomic mass is 32.1. The van der Waals surface area contributed by atoms with Gasteiger partial charge in [-0.1, -0.05) is 6.07 Å². The first-order valence-corrected chi connectivity index (χ1v) is 8.97. The molecule has 3 rings (SSSR count). The van der Waals surface area contributed by atoms with Crippen LogP contribution in [0.25, 0.3) is 17.5 Å². The number of rotatable bonds is 6. The third-order valence-corrected chi connectivity index (χ3v) is 4.70. The van der Waals surface area contributed by atoms with Gasteiger partial charge in [-0.3, -0.25) is 9.78 Å². The zero-order valence-corrected chi connectivity index (χ0v) is 13.9. The van der Waals surface area contributed by atoms with E-state index in [1.54, 1.807) is 34.9 Å². The summed E-state index contributed by atoms with van der Waals surface area (Å²) in [6.45, 7) is 0.571. The van der Waals surface area contributed by atoms with Crippen molar-refractivity contribution in [3.05, 3.63) is 63.2 Å². The van der Waals surface area contributed by atoms with Crippen molar-refractivity contribution in [2.75, 3.05) is 6.54 Å². The van der Waals surface area contributed by atoms with Crippen molar-refractivity contribution in [1.29, 1.82) is 0 Å². The fraction of sp³-hybridized carbons (Fsp3) is 0.118. The number of hydrogen-bond donors (Lipinski definition) is 1. The predicted octanol–water partition coefficient (Wildman–Crippen LogP) is 3.64. The average molecular weight is 341 g/mol. The van der Waals surface area contributed by atoms with Gasteiger partial charge in [-0.25, -0.2) is 4.98 Å². The highest BCUT2D eigenvalue weighted by Crippen LogP contribution is 2.19. The molecule has 0 saturated carbocycles. The standard InChI is InChI=1S/C17H15N3OS2/c21-16(5-4-13-7-10-22-11-13)19-9-6-17-20-15(12-23-17)14-3-1-2-8-18-14/h1-5,7-8,10-12H,6,9H2,(H,19,21)/b5-4-. The van der Waals surface area contributed by atoms with Crippen molar-refractivity contribution in [2.45, 2.75) is 6.42 Å². The second-order valence-electron chi connectivity index (χ2n) is 4.77. The SMILES string of the molecule is O=C(/C=C\c1ccsc1)NCCc1nc(-c2ccccn2)cs1. The van der Waals surface area contributed by atoms with Gasteiger partial charge in [0.25, 0.3) is 0 Å². The Labute approximate surface area is 142 Å². The van der Waals surface area contributed by atoms with Crippen LogP contribution in [-0.4, -0.2) is 22.4 Å². The number of nitrogens with zero attached hydrogens (tertiary/aromatic N) is 2. The summed E-state index contributed by atoms with van der Waals surface area (Å²) < 4.78 is 0. The van der Waals surface area contributed by atoms with Crippen LogP contribution in [0.2, 0.25) is 0 Å². The molecule has 0 atom stereocenters. The fourth-order valence-corrected chi connectivity index (χ4v) is 3.37. The quantitative estimate of drug-likeness (QED) is 0.697. The van der Waals surface area contributed by atoms with Gasteiger partial charge in [0.1, 0.15) is 0 Å². The summed E-state index contributed by atoms with van der Waals surface area (Å²) in [6, 6.07) is 7.75. The molecule has 3 heterocycles. The molecule has 3 aromatic heterocycles. The van der Waals surface area contributed by atoms with Gasteiger partial charge in [0.2, 0.25) is 5.91 Å². The van der Waals surface area contributed by atoms with E-state index >= 15 is 0 Å². The van der Waals surface area contributed by atoms with E-state index in [0.29, 0.717) is 6.54 Å². The topological polar surface area (TPSA) is 54.9 Å². The number of thiazole rings is 1. The van der Waals surface area contributed by atoms with Gasteiger partial charge >= 0.3 is 0 Å². The molecule has 0 aliphatic carbocycles. The van der Waals surface area contributed by atoms with E-state index in [9.17, 15) is 4.79 Å². The largest absolute Gasteiger partial charge is 0.352 e. The molecular formula is C17H15N3OS2. The van der Waals surface area contributed by atoms with E-state index in [4.69, 9.17) is 0 Å². The minimum atomic E-state index is -0.0855. The molecule has 1 amide bonds. The Morgan fingerprint density at radius 3 is 2.96 bits per heavy atom. The second-order valence-corrected chi connectivity index (χ2v) is 6.50. The van der Waals surface area contributed by atoms with Gasteiger partial charge in [-0.05, 0) is 40.6 Å². The van der Waals surface area contributed by atoms with Crippen molar-refractivity contribution >= 4 is 34.7 Å². The van der Waals surface area contributed by atoms with Crippen LogP contribution >= 0.6 is 22.7 Å². The number of hydrogen-bond acceptors (Lipinski definition) is 5. The summed E-state index contributed by atoms with van der Waals surface area (Å²) in [5, 5.41) is 9.84. The van der Waals surface area contributed by atoms with Crippen LogP contribution in [0.5, 0.6) is 0 Å². The van der Waals surface area contributed by atoms with E-state index in [0.717, 1.165) is 28.4 Å². The monoisotopic (exact) mass is 341 g/mol. The molecule has 0 bridgehead atoms. The lowest BCUT2D eigenvalue weighted by molar-refractivity contribution is -0.116. The number of nitrogens with one attached hydrogen (secondary N) is 1. The maximum absolute atomic E-state index is 11.7. The van der Waals surface area contributed by atoms with Crippen molar-refractivity contribution in [3.8, 4) is 11.4 Å². The lowest BCUT2D eigenvalue weighted by atomic mass is 10.3. The average Bonchev–Trinajstić information content (AvgIpc) is 3.26. The van der Waals surface area contributed by atoms with Crippen molar-refractivity contribution in [1.82, 2.24) is 15.3 Å². The maximum atomic E-state index is 11.7. The Bertz CT molecular complexity index is 779. The number of pyridine rings is 1. The first-order chi connectivity index (χ1) is 11.3.